The molecule has 0 fully saturated rings. The van der Waals surface area contributed by atoms with E-state index in [1.165, 1.54) is 7.11 Å². The summed E-state index contributed by atoms with van der Waals surface area (Å²) >= 11 is 0. The number of aromatic nitrogens is 2. The van der Waals surface area contributed by atoms with Crippen LogP contribution in [0.3, 0.4) is 0 Å². The van der Waals surface area contributed by atoms with Gasteiger partial charge in [-0.1, -0.05) is 35.4 Å². The zero-order valence-electron chi connectivity index (χ0n) is 17.6. The molecule has 166 valence electrons. The van der Waals surface area contributed by atoms with Crippen LogP contribution >= 0.6 is 0 Å². The van der Waals surface area contributed by atoms with Gasteiger partial charge in [0, 0.05) is 16.8 Å². The summed E-state index contributed by atoms with van der Waals surface area (Å²) < 4.78 is 15.9. The molecule has 0 aliphatic heterocycles. The van der Waals surface area contributed by atoms with Crippen molar-refractivity contribution in [1.82, 2.24) is 10.2 Å². The van der Waals surface area contributed by atoms with E-state index in [1.807, 2.05) is 36.4 Å². The van der Waals surface area contributed by atoms with E-state index in [0.29, 0.717) is 28.6 Å². The Morgan fingerprint density at radius 2 is 1.61 bits per heavy atom. The Morgan fingerprint density at radius 1 is 0.879 bits per heavy atom. The Morgan fingerprint density at radius 3 is 2.36 bits per heavy atom. The van der Waals surface area contributed by atoms with E-state index in [4.69, 9.17) is 13.9 Å². The van der Waals surface area contributed by atoms with Crippen LogP contribution in [0.2, 0.25) is 0 Å². The Balaban J connectivity index is 1.29. The summed E-state index contributed by atoms with van der Waals surface area (Å²) in [4.78, 5) is 24.7. The first-order valence-corrected chi connectivity index (χ1v) is 9.98. The number of hydrogen-bond donors (Lipinski definition) is 2. The zero-order chi connectivity index (χ0) is 23.0. The maximum Gasteiger partial charge on any atom is 0.415 e. The largest absolute Gasteiger partial charge is 0.495 e. The molecule has 0 atom stereocenters. The number of methoxy groups -OCH3 is 1. The van der Waals surface area contributed by atoms with Gasteiger partial charge in [0.2, 0.25) is 0 Å². The number of hydrogen-bond acceptors (Lipinski definition) is 7. The maximum absolute atomic E-state index is 12.5. The molecule has 4 aromatic rings. The SMILES string of the molecule is COc1ccccc1NC(=O)c1ccc(NC(=O)COc2nnc(-c3ccccc3)o2)cc1. The van der Waals surface area contributed by atoms with Crippen LogP contribution < -0.4 is 20.1 Å². The van der Waals surface area contributed by atoms with Gasteiger partial charge < -0.3 is 24.5 Å². The lowest BCUT2D eigenvalue weighted by atomic mass is 10.2. The number of rotatable bonds is 8. The lowest BCUT2D eigenvalue weighted by Gasteiger charge is -2.10. The molecule has 9 nitrogen and oxygen atoms in total. The monoisotopic (exact) mass is 444 g/mol. The van der Waals surface area contributed by atoms with Gasteiger partial charge in [-0.05, 0) is 48.5 Å². The number of carbonyl (C=O) groups excluding carboxylic acids is 2. The normalized spacial score (nSPS) is 10.3. The van der Waals surface area contributed by atoms with Crippen molar-refractivity contribution < 1.29 is 23.5 Å². The predicted molar refractivity (Wildman–Crippen MR) is 121 cm³/mol. The molecule has 0 aliphatic carbocycles. The third kappa shape index (κ3) is 5.53. The van der Waals surface area contributed by atoms with Crippen molar-refractivity contribution in [2.24, 2.45) is 0 Å². The van der Waals surface area contributed by atoms with E-state index in [1.54, 1.807) is 42.5 Å². The first-order valence-electron chi connectivity index (χ1n) is 9.98. The number of nitrogens with one attached hydrogen (secondary N) is 2. The van der Waals surface area contributed by atoms with Crippen molar-refractivity contribution in [2.45, 2.75) is 0 Å². The van der Waals surface area contributed by atoms with Crippen molar-refractivity contribution in [3.8, 4) is 23.3 Å². The molecule has 0 bridgehead atoms. The van der Waals surface area contributed by atoms with Crippen LogP contribution in [-0.2, 0) is 4.79 Å². The standard InChI is InChI=1S/C24H20N4O5/c1-31-20-10-6-5-9-19(20)26-22(30)16-11-13-18(14-12-16)25-21(29)15-32-24-28-27-23(33-24)17-7-3-2-4-8-17/h2-14H,15H2,1H3,(H,25,29)(H,26,30). The van der Waals surface area contributed by atoms with Gasteiger partial charge in [0.1, 0.15) is 5.75 Å². The second-order valence-electron chi connectivity index (χ2n) is 6.81. The van der Waals surface area contributed by atoms with E-state index in [-0.39, 0.29) is 18.6 Å². The molecule has 1 heterocycles. The van der Waals surface area contributed by atoms with Gasteiger partial charge in [0.15, 0.2) is 6.61 Å². The molecule has 2 amide bonds. The minimum absolute atomic E-state index is 0.104. The molecule has 9 heteroatoms. The fraction of sp³-hybridized carbons (Fsp3) is 0.0833. The molecule has 0 saturated carbocycles. The summed E-state index contributed by atoms with van der Waals surface area (Å²) in [5, 5.41) is 13.1. The van der Waals surface area contributed by atoms with Crippen molar-refractivity contribution in [3.63, 3.8) is 0 Å². The summed E-state index contributed by atoms with van der Waals surface area (Å²) in [5.74, 6) is 0.145. The second-order valence-corrected chi connectivity index (χ2v) is 6.81. The highest BCUT2D eigenvalue weighted by molar-refractivity contribution is 6.05. The van der Waals surface area contributed by atoms with E-state index in [9.17, 15) is 9.59 Å². The molecule has 0 aliphatic rings. The highest BCUT2D eigenvalue weighted by Gasteiger charge is 2.12. The Kier molecular flexibility index (Phi) is 6.60. The smallest absolute Gasteiger partial charge is 0.415 e. The highest BCUT2D eigenvalue weighted by Crippen LogP contribution is 2.24. The lowest BCUT2D eigenvalue weighted by molar-refractivity contribution is -0.118. The van der Waals surface area contributed by atoms with Gasteiger partial charge in [0.25, 0.3) is 17.7 Å². The average Bonchev–Trinajstić information content (AvgIpc) is 3.33. The van der Waals surface area contributed by atoms with E-state index >= 15 is 0 Å². The Hall–Kier alpha value is -4.66. The first-order chi connectivity index (χ1) is 16.1. The summed E-state index contributed by atoms with van der Waals surface area (Å²) in [7, 11) is 1.53. The van der Waals surface area contributed by atoms with Gasteiger partial charge in [-0.2, -0.15) is 0 Å². The molecule has 33 heavy (non-hydrogen) atoms. The third-order valence-corrected chi connectivity index (χ3v) is 4.54. The topological polar surface area (TPSA) is 116 Å². The van der Waals surface area contributed by atoms with Gasteiger partial charge in [-0.25, -0.2) is 0 Å². The highest BCUT2D eigenvalue weighted by atomic mass is 16.6. The maximum atomic E-state index is 12.5. The van der Waals surface area contributed by atoms with Crippen LogP contribution in [-0.4, -0.2) is 35.7 Å². The van der Waals surface area contributed by atoms with Gasteiger partial charge in [-0.3, -0.25) is 9.59 Å². The number of carbonyl (C=O) groups is 2. The van der Waals surface area contributed by atoms with Crippen molar-refractivity contribution in [2.75, 3.05) is 24.4 Å². The number of nitrogens with zero attached hydrogens (tertiary/aromatic N) is 2. The molecule has 3 aromatic carbocycles. The molecular formula is C24H20N4O5. The second kappa shape index (κ2) is 10.1. The lowest BCUT2D eigenvalue weighted by Crippen LogP contribution is -2.20. The van der Waals surface area contributed by atoms with Crippen LogP contribution in [0, 0.1) is 0 Å². The summed E-state index contributed by atoms with van der Waals surface area (Å²) in [6, 6.07) is 22.8. The quantitative estimate of drug-likeness (QED) is 0.422. The van der Waals surface area contributed by atoms with E-state index in [0.717, 1.165) is 5.56 Å². The molecule has 0 spiro atoms. The minimum Gasteiger partial charge on any atom is -0.495 e. The van der Waals surface area contributed by atoms with Crippen LogP contribution in [0.25, 0.3) is 11.5 Å². The fourth-order valence-electron chi connectivity index (χ4n) is 2.94. The van der Waals surface area contributed by atoms with Crippen LogP contribution in [0.15, 0.2) is 83.3 Å². The van der Waals surface area contributed by atoms with Gasteiger partial charge >= 0.3 is 6.08 Å². The number of anilines is 2. The van der Waals surface area contributed by atoms with Crippen molar-refractivity contribution in [3.05, 3.63) is 84.4 Å². The number of ether oxygens (including phenoxy) is 2. The third-order valence-electron chi connectivity index (χ3n) is 4.54. The molecular weight excluding hydrogens is 424 g/mol. The average molecular weight is 444 g/mol. The number of benzene rings is 3. The summed E-state index contributed by atoms with van der Waals surface area (Å²) in [6.45, 7) is -0.313. The number of amides is 2. The minimum atomic E-state index is -0.416. The molecule has 1 aromatic heterocycles. The predicted octanol–water partition coefficient (Wildman–Crippen LogP) is 4.02. The molecule has 4 rings (SSSR count). The molecule has 0 radical (unpaired) electrons. The van der Waals surface area contributed by atoms with E-state index in [2.05, 4.69) is 20.8 Å². The van der Waals surface area contributed by atoms with Crippen molar-refractivity contribution in [1.29, 1.82) is 0 Å². The van der Waals surface area contributed by atoms with Gasteiger partial charge in [0.05, 0.1) is 12.8 Å². The number of para-hydroxylation sites is 2. The summed E-state index contributed by atoms with van der Waals surface area (Å²) in [6.07, 6.45) is -0.104. The van der Waals surface area contributed by atoms with Crippen LogP contribution in [0.4, 0.5) is 11.4 Å². The fourth-order valence-corrected chi connectivity index (χ4v) is 2.94. The van der Waals surface area contributed by atoms with Crippen LogP contribution in [0.1, 0.15) is 10.4 Å². The van der Waals surface area contributed by atoms with Crippen molar-refractivity contribution >= 4 is 23.2 Å². The van der Waals surface area contributed by atoms with Crippen LogP contribution in [0.5, 0.6) is 11.8 Å². The molecule has 0 unspecified atom stereocenters. The molecule has 0 saturated heterocycles. The zero-order valence-corrected chi connectivity index (χ0v) is 17.6. The van der Waals surface area contributed by atoms with Gasteiger partial charge in [-0.15, -0.1) is 5.10 Å². The Bertz CT molecular complexity index is 1240. The Labute approximate surface area is 189 Å². The first kappa shape index (κ1) is 21.6. The van der Waals surface area contributed by atoms with E-state index < -0.39 is 5.91 Å². The summed E-state index contributed by atoms with van der Waals surface area (Å²) in [5.41, 5.74) is 2.25. The molecule has 2 N–H and O–H groups in total.